The Balaban J connectivity index is 3.16. The summed E-state index contributed by atoms with van der Waals surface area (Å²) in [5, 5.41) is 0. The van der Waals surface area contributed by atoms with E-state index in [4.69, 9.17) is 4.55 Å². The molecular formula is C18H37NO4S. The molecule has 0 aliphatic rings. The van der Waals surface area contributed by atoms with Gasteiger partial charge in [-0.1, -0.05) is 96.8 Å². The predicted octanol–water partition coefficient (Wildman–Crippen LogP) is 5.17. The maximum atomic E-state index is 11.1. The molecule has 0 heterocycles. The molecule has 0 atom stereocenters. The highest BCUT2D eigenvalue weighted by atomic mass is 32.2. The first-order valence-electron chi connectivity index (χ1n) is 9.73. The van der Waals surface area contributed by atoms with Crippen LogP contribution in [-0.2, 0) is 15.1 Å². The summed E-state index contributed by atoms with van der Waals surface area (Å²) >= 11 is 0. The van der Waals surface area contributed by atoms with Gasteiger partial charge in [0.2, 0.25) is 5.91 Å². The minimum absolute atomic E-state index is 0.151. The van der Waals surface area contributed by atoms with Gasteiger partial charge in [0.05, 0.1) is 0 Å². The highest BCUT2D eigenvalue weighted by molar-refractivity contribution is 7.84. The van der Waals surface area contributed by atoms with E-state index in [1.165, 1.54) is 77.0 Å². The lowest BCUT2D eigenvalue weighted by Gasteiger charge is -2.04. The molecule has 0 saturated heterocycles. The first-order valence-corrected chi connectivity index (χ1v) is 11.2. The molecule has 0 spiro atoms. The Hall–Kier alpha value is -0.620. The van der Waals surface area contributed by atoms with E-state index in [9.17, 15) is 13.2 Å². The standard InChI is InChI=1S/C18H37NO4S/c1-2-3-4-5-6-7-8-9-10-11-12-13-14-15-16-17-18(20)19-24(21,22)23/h2-17H2,1H3,(H,19,20)(H,21,22,23). The SMILES string of the molecule is CCCCCCCCCCCCCCCCCC(=O)NS(=O)(=O)O. The second-order valence-corrected chi connectivity index (χ2v) is 7.85. The van der Waals surface area contributed by atoms with Crippen molar-refractivity contribution in [2.24, 2.45) is 0 Å². The normalized spacial score (nSPS) is 11.6. The molecule has 0 fully saturated rings. The van der Waals surface area contributed by atoms with Crippen molar-refractivity contribution in [3.05, 3.63) is 0 Å². The van der Waals surface area contributed by atoms with Crippen LogP contribution in [0, 0.1) is 0 Å². The molecule has 144 valence electrons. The van der Waals surface area contributed by atoms with Gasteiger partial charge in [-0.05, 0) is 6.42 Å². The van der Waals surface area contributed by atoms with Gasteiger partial charge in [0.15, 0.2) is 0 Å². The fourth-order valence-electron chi connectivity index (χ4n) is 2.85. The van der Waals surface area contributed by atoms with Crippen molar-refractivity contribution in [3.63, 3.8) is 0 Å². The number of nitrogens with one attached hydrogen (secondary N) is 1. The highest BCUT2D eigenvalue weighted by Gasteiger charge is 2.08. The second-order valence-electron chi connectivity index (χ2n) is 6.70. The van der Waals surface area contributed by atoms with Gasteiger partial charge in [-0.15, -0.1) is 0 Å². The van der Waals surface area contributed by atoms with E-state index in [1.807, 2.05) is 0 Å². The minimum Gasteiger partial charge on any atom is -0.274 e. The third-order valence-corrected chi connectivity index (χ3v) is 4.74. The molecule has 0 rings (SSSR count). The number of hydrogen-bond donors (Lipinski definition) is 2. The smallest absolute Gasteiger partial charge is 0.274 e. The first-order chi connectivity index (χ1) is 11.5. The van der Waals surface area contributed by atoms with Crippen LogP contribution in [0.15, 0.2) is 0 Å². The van der Waals surface area contributed by atoms with Crippen molar-refractivity contribution >= 4 is 16.2 Å². The molecule has 24 heavy (non-hydrogen) atoms. The Labute approximate surface area is 148 Å². The number of rotatable bonds is 17. The lowest BCUT2D eigenvalue weighted by Crippen LogP contribution is -2.29. The monoisotopic (exact) mass is 363 g/mol. The molecule has 0 saturated carbocycles. The number of carbonyl (C=O) groups is 1. The summed E-state index contributed by atoms with van der Waals surface area (Å²) < 4.78 is 30.9. The van der Waals surface area contributed by atoms with E-state index in [1.54, 1.807) is 4.72 Å². The van der Waals surface area contributed by atoms with Crippen molar-refractivity contribution in [2.75, 3.05) is 0 Å². The van der Waals surface area contributed by atoms with Crippen LogP contribution in [0.5, 0.6) is 0 Å². The van der Waals surface area contributed by atoms with Crippen molar-refractivity contribution in [2.45, 2.75) is 110 Å². The Morgan fingerprint density at radius 1 is 0.708 bits per heavy atom. The molecule has 0 aromatic rings. The summed E-state index contributed by atoms with van der Waals surface area (Å²) in [6.07, 6.45) is 18.9. The molecule has 6 heteroatoms. The maximum absolute atomic E-state index is 11.1. The zero-order valence-corrected chi connectivity index (χ0v) is 16.2. The van der Waals surface area contributed by atoms with Crippen LogP contribution in [0.2, 0.25) is 0 Å². The Morgan fingerprint density at radius 2 is 1.04 bits per heavy atom. The molecule has 5 nitrogen and oxygen atoms in total. The molecular weight excluding hydrogens is 326 g/mol. The fourth-order valence-corrected chi connectivity index (χ4v) is 3.24. The summed E-state index contributed by atoms with van der Waals surface area (Å²) in [5.74, 6) is -0.632. The number of hydrogen-bond acceptors (Lipinski definition) is 3. The van der Waals surface area contributed by atoms with Crippen LogP contribution in [0.3, 0.4) is 0 Å². The van der Waals surface area contributed by atoms with Crippen LogP contribution in [0.25, 0.3) is 0 Å². The molecule has 0 aliphatic carbocycles. The van der Waals surface area contributed by atoms with Gasteiger partial charge in [-0.2, -0.15) is 8.42 Å². The molecule has 0 aliphatic heterocycles. The summed E-state index contributed by atoms with van der Waals surface area (Å²) in [7, 11) is -4.39. The van der Waals surface area contributed by atoms with Gasteiger partial charge >= 0.3 is 10.3 Å². The van der Waals surface area contributed by atoms with Gasteiger partial charge in [0.1, 0.15) is 0 Å². The molecule has 0 bridgehead atoms. The van der Waals surface area contributed by atoms with Crippen molar-refractivity contribution in [3.8, 4) is 0 Å². The highest BCUT2D eigenvalue weighted by Crippen LogP contribution is 2.13. The predicted molar refractivity (Wildman–Crippen MR) is 99.2 cm³/mol. The van der Waals surface area contributed by atoms with Gasteiger partial charge in [0.25, 0.3) is 0 Å². The molecule has 1 amide bonds. The number of carbonyl (C=O) groups excluding carboxylic acids is 1. The van der Waals surface area contributed by atoms with Crippen LogP contribution in [0.1, 0.15) is 110 Å². The van der Waals surface area contributed by atoms with Gasteiger partial charge in [0, 0.05) is 6.42 Å². The Morgan fingerprint density at radius 3 is 1.38 bits per heavy atom. The maximum Gasteiger partial charge on any atom is 0.359 e. The first kappa shape index (κ1) is 23.4. The van der Waals surface area contributed by atoms with E-state index < -0.39 is 16.2 Å². The van der Waals surface area contributed by atoms with Crippen LogP contribution >= 0.6 is 0 Å². The van der Waals surface area contributed by atoms with Crippen molar-refractivity contribution in [1.82, 2.24) is 4.72 Å². The largest absolute Gasteiger partial charge is 0.359 e. The summed E-state index contributed by atoms with van der Waals surface area (Å²) in [6, 6.07) is 0. The lowest BCUT2D eigenvalue weighted by molar-refractivity contribution is -0.119. The van der Waals surface area contributed by atoms with E-state index in [-0.39, 0.29) is 6.42 Å². The van der Waals surface area contributed by atoms with Crippen LogP contribution in [-0.4, -0.2) is 18.9 Å². The molecule has 0 aromatic carbocycles. The quantitative estimate of drug-likeness (QED) is 0.276. The third-order valence-electron chi connectivity index (χ3n) is 4.25. The molecule has 0 aromatic heterocycles. The summed E-state index contributed by atoms with van der Waals surface area (Å²) in [5.41, 5.74) is 0. The van der Waals surface area contributed by atoms with E-state index >= 15 is 0 Å². The van der Waals surface area contributed by atoms with Gasteiger partial charge in [-0.3, -0.25) is 9.35 Å². The number of unbranched alkanes of at least 4 members (excludes halogenated alkanes) is 14. The van der Waals surface area contributed by atoms with Crippen molar-refractivity contribution in [1.29, 1.82) is 0 Å². The molecule has 0 radical (unpaired) electrons. The zero-order valence-electron chi connectivity index (χ0n) is 15.4. The van der Waals surface area contributed by atoms with Gasteiger partial charge in [-0.25, -0.2) is 4.72 Å². The second kappa shape index (κ2) is 15.9. The fraction of sp³-hybridized carbons (Fsp3) is 0.944. The third kappa shape index (κ3) is 19.4. The van der Waals surface area contributed by atoms with Gasteiger partial charge < -0.3 is 0 Å². The molecule has 0 unspecified atom stereocenters. The molecule has 2 N–H and O–H groups in total. The van der Waals surface area contributed by atoms with Crippen LogP contribution in [0.4, 0.5) is 0 Å². The average molecular weight is 364 g/mol. The lowest BCUT2D eigenvalue weighted by atomic mass is 10.0. The minimum atomic E-state index is -4.39. The zero-order chi connectivity index (χ0) is 18.1. The summed E-state index contributed by atoms with van der Waals surface area (Å²) in [4.78, 5) is 11.1. The van der Waals surface area contributed by atoms with Crippen LogP contribution < -0.4 is 4.72 Å². The Kier molecular flexibility index (Phi) is 15.5. The van der Waals surface area contributed by atoms with E-state index in [2.05, 4.69) is 6.92 Å². The Bertz CT molecular complexity index is 396. The topological polar surface area (TPSA) is 83.5 Å². The average Bonchev–Trinajstić information content (AvgIpc) is 2.49. The van der Waals surface area contributed by atoms with E-state index in [0.29, 0.717) is 6.42 Å². The van der Waals surface area contributed by atoms with Crippen molar-refractivity contribution < 1.29 is 17.8 Å². The summed E-state index contributed by atoms with van der Waals surface area (Å²) in [6.45, 7) is 2.25. The van der Waals surface area contributed by atoms with E-state index in [0.717, 1.165) is 12.8 Å². The number of amides is 1.